The molecule has 0 aromatic heterocycles. The van der Waals surface area contributed by atoms with E-state index in [2.05, 4.69) is 9.73 Å². The monoisotopic (exact) mass is 375 g/mol. The molecule has 0 saturated carbocycles. The Morgan fingerprint density at radius 3 is 2.59 bits per heavy atom. The maximum atomic E-state index is 12.5. The molecular weight excluding hydrogens is 360 g/mol. The van der Waals surface area contributed by atoms with Gasteiger partial charge < -0.3 is 18.9 Å². The van der Waals surface area contributed by atoms with Crippen LogP contribution in [0.2, 0.25) is 0 Å². The van der Waals surface area contributed by atoms with Crippen LogP contribution in [0.5, 0.6) is 17.2 Å². The third-order valence-corrected chi connectivity index (χ3v) is 3.64. The van der Waals surface area contributed by atoms with Gasteiger partial charge in [-0.2, -0.15) is 8.78 Å². The van der Waals surface area contributed by atoms with Crippen LogP contribution in [0.4, 0.5) is 8.78 Å². The molecule has 2 aromatic rings. The molecule has 0 unspecified atom stereocenters. The van der Waals surface area contributed by atoms with E-state index in [1.54, 1.807) is 30.3 Å². The Morgan fingerprint density at radius 2 is 1.89 bits per heavy atom. The molecule has 0 spiro atoms. The van der Waals surface area contributed by atoms with Crippen LogP contribution < -0.4 is 14.2 Å². The lowest BCUT2D eigenvalue weighted by molar-refractivity contribution is -0.129. The second-order valence-corrected chi connectivity index (χ2v) is 5.36. The average Bonchev–Trinajstić information content (AvgIpc) is 3.02. The van der Waals surface area contributed by atoms with Gasteiger partial charge in [-0.25, -0.2) is 9.79 Å². The zero-order valence-corrected chi connectivity index (χ0v) is 14.4. The molecule has 140 valence electrons. The Kier molecular flexibility index (Phi) is 5.35. The molecular formula is C19H15F2NO5. The van der Waals surface area contributed by atoms with E-state index in [0.717, 1.165) is 0 Å². The zero-order chi connectivity index (χ0) is 19.4. The molecule has 27 heavy (non-hydrogen) atoms. The summed E-state index contributed by atoms with van der Waals surface area (Å²) in [4.78, 5) is 16.3. The second kappa shape index (κ2) is 7.86. The fraction of sp³-hybridized carbons (Fsp3) is 0.158. The molecule has 3 rings (SSSR count). The maximum Gasteiger partial charge on any atom is 0.387 e. The molecule has 0 atom stereocenters. The number of esters is 1. The molecule has 0 bridgehead atoms. The molecule has 1 aliphatic heterocycles. The third kappa shape index (κ3) is 4.22. The molecule has 0 saturated heterocycles. The molecule has 0 amide bonds. The standard InChI is InChI=1S/C19H15F2NO5/c1-24-13-5-3-4-12(10-13)17-22-14(18(23)27-17)8-11-6-7-15(25-2)16(9-11)26-19(20)21/h3-10,19H,1-2H3/b14-8-. The highest BCUT2D eigenvalue weighted by Crippen LogP contribution is 2.31. The highest BCUT2D eigenvalue weighted by Gasteiger charge is 2.24. The van der Waals surface area contributed by atoms with Crippen molar-refractivity contribution in [3.8, 4) is 17.2 Å². The number of cyclic esters (lactones) is 1. The average molecular weight is 375 g/mol. The summed E-state index contributed by atoms with van der Waals surface area (Å²) >= 11 is 0. The van der Waals surface area contributed by atoms with Gasteiger partial charge in [-0.05, 0) is 42.0 Å². The summed E-state index contributed by atoms with van der Waals surface area (Å²) in [6.45, 7) is -3.00. The Hall–Kier alpha value is -3.42. The molecule has 1 aliphatic rings. The third-order valence-electron chi connectivity index (χ3n) is 3.64. The molecule has 1 heterocycles. The Balaban J connectivity index is 1.92. The summed E-state index contributed by atoms with van der Waals surface area (Å²) < 4.78 is 44.8. The van der Waals surface area contributed by atoms with E-state index in [1.165, 1.54) is 32.4 Å². The second-order valence-electron chi connectivity index (χ2n) is 5.36. The summed E-state index contributed by atoms with van der Waals surface area (Å²) in [6.07, 6.45) is 1.41. The largest absolute Gasteiger partial charge is 0.497 e. The predicted octanol–water partition coefficient (Wildman–Crippen LogP) is 3.65. The van der Waals surface area contributed by atoms with Gasteiger partial charge in [-0.1, -0.05) is 12.1 Å². The van der Waals surface area contributed by atoms with Crippen molar-refractivity contribution in [3.05, 3.63) is 59.3 Å². The van der Waals surface area contributed by atoms with E-state index in [4.69, 9.17) is 14.2 Å². The van der Waals surface area contributed by atoms with Crippen molar-refractivity contribution in [2.45, 2.75) is 6.61 Å². The number of alkyl halides is 2. The zero-order valence-electron chi connectivity index (χ0n) is 14.4. The van der Waals surface area contributed by atoms with Gasteiger partial charge in [0, 0.05) is 5.56 Å². The smallest absolute Gasteiger partial charge is 0.387 e. The molecule has 0 radical (unpaired) electrons. The summed E-state index contributed by atoms with van der Waals surface area (Å²) in [5, 5.41) is 0. The van der Waals surface area contributed by atoms with Crippen molar-refractivity contribution >= 4 is 17.9 Å². The van der Waals surface area contributed by atoms with E-state index in [9.17, 15) is 13.6 Å². The van der Waals surface area contributed by atoms with Gasteiger partial charge in [0.2, 0.25) is 5.90 Å². The number of hydrogen-bond donors (Lipinski definition) is 0. The predicted molar refractivity (Wildman–Crippen MR) is 93.2 cm³/mol. The van der Waals surface area contributed by atoms with E-state index in [1.807, 2.05) is 0 Å². The molecule has 2 aromatic carbocycles. The van der Waals surface area contributed by atoms with Crippen LogP contribution in [-0.4, -0.2) is 32.7 Å². The van der Waals surface area contributed by atoms with Gasteiger partial charge in [-0.3, -0.25) is 0 Å². The first-order valence-electron chi connectivity index (χ1n) is 7.80. The molecule has 0 aliphatic carbocycles. The summed E-state index contributed by atoms with van der Waals surface area (Å²) in [7, 11) is 2.86. The highest BCUT2D eigenvalue weighted by molar-refractivity contribution is 6.13. The first-order valence-corrected chi connectivity index (χ1v) is 7.80. The summed E-state index contributed by atoms with van der Waals surface area (Å²) in [5.74, 6) is 0.0625. The summed E-state index contributed by atoms with van der Waals surface area (Å²) in [6, 6.07) is 11.2. The fourth-order valence-corrected chi connectivity index (χ4v) is 2.42. The normalized spacial score (nSPS) is 14.9. The number of carbonyl (C=O) groups excluding carboxylic acids is 1. The number of halogens is 2. The summed E-state index contributed by atoms with van der Waals surface area (Å²) in [5.41, 5.74) is 1.03. The number of benzene rings is 2. The number of carbonyl (C=O) groups is 1. The molecule has 8 heteroatoms. The van der Waals surface area contributed by atoms with Crippen molar-refractivity contribution in [3.63, 3.8) is 0 Å². The molecule has 0 fully saturated rings. The minimum Gasteiger partial charge on any atom is -0.497 e. The van der Waals surface area contributed by atoms with Gasteiger partial charge in [0.05, 0.1) is 14.2 Å². The van der Waals surface area contributed by atoms with Gasteiger partial charge in [0.15, 0.2) is 17.2 Å². The van der Waals surface area contributed by atoms with Crippen molar-refractivity contribution in [2.75, 3.05) is 14.2 Å². The lowest BCUT2D eigenvalue weighted by atomic mass is 10.1. The van der Waals surface area contributed by atoms with Crippen molar-refractivity contribution < 1.29 is 32.5 Å². The Bertz CT molecular complexity index is 924. The van der Waals surface area contributed by atoms with Crippen molar-refractivity contribution in [1.29, 1.82) is 0 Å². The van der Waals surface area contributed by atoms with E-state index >= 15 is 0 Å². The van der Waals surface area contributed by atoms with Gasteiger partial charge in [0.25, 0.3) is 0 Å². The number of nitrogens with zero attached hydrogens (tertiary/aromatic N) is 1. The Labute approximate surface area is 153 Å². The van der Waals surface area contributed by atoms with Gasteiger partial charge >= 0.3 is 12.6 Å². The van der Waals surface area contributed by atoms with E-state index in [-0.39, 0.29) is 23.1 Å². The number of methoxy groups -OCH3 is 2. The topological polar surface area (TPSA) is 66.3 Å². The highest BCUT2D eigenvalue weighted by atomic mass is 19.3. The lowest BCUT2D eigenvalue weighted by Gasteiger charge is -2.10. The lowest BCUT2D eigenvalue weighted by Crippen LogP contribution is -2.05. The van der Waals surface area contributed by atoms with Crippen LogP contribution in [0.15, 0.2) is 53.2 Å². The van der Waals surface area contributed by atoms with Crippen molar-refractivity contribution in [2.24, 2.45) is 4.99 Å². The minimum absolute atomic E-state index is 0.0287. The quantitative estimate of drug-likeness (QED) is 0.570. The maximum absolute atomic E-state index is 12.5. The van der Waals surface area contributed by atoms with Gasteiger partial charge in [0.1, 0.15) is 5.75 Å². The van der Waals surface area contributed by atoms with Crippen LogP contribution in [-0.2, 0) is 9.53 Å². The Morgan fingerprint density at radius 1 is 1.07 bits per heavy atom. The fourth-order valence-electron chi connectivity index (χ4n) is 2.42. The van der Waals surface area contributed by atoms with Crippen molar-refractivity contribution in [1.82, 2.24) is 0 Å². The first-order chi connectivity index (χ1) is 13.0. The number of hydrogen-bond acceptors (Lipinski definition) is 6. The van der Waals surface area contributed by atoms with E-state index < -0.39 is 12.6 Å². The van der Waals surface area contributed by atoms with Crippen LogP contribution in [0.1, 0.15) is 11.1 Å². The van der Waals surface area contributed by atoms with Crippen LogP contribution in [0.25, 0.3) is 6.08 Å². The molecule has 0 N–H and O–H groups in total. The number of rotatable bonds is 6. The van der Waals surface area contributed by atoms with Gasteiger partial charge in [-0.15, -0.1) is 0 Å². The SMILES string of the molecule is COc1cccc(C2=N/C(=C\c3ccc(OC)c(OC(F)F)c3)C(=O)O2)c1. The van der Waals surface area contributed by atoms with Crippen LogP contribution in [0.3, 0.4) is 0 Å². The number of aliphatic imine (C=N–C) groups is 1. The van der Waals surface area contributed by atoms with Crippen LogP contribution >= 0.6 is 0 Å². The van der Waals surface area contributed by atoms with E-state index in [0.29, 0.717) is 16.9 Å². The van der Waals surface area contributed by atoms with Crippen LogP contribution in [0, 0.1) is 0 Å². The molecule has 6 nitrogen and oxygen atoms in total. The number of ether oxygens (including phenoxy) is 4. The first kappa shape index (κ1) is 18.4. The minimum atomic E-state index is -3.00.